The molecule has 23 heavy (non-hydrogen) atoms. The second-order valence-electron chi connectivity index (χ2n) is 6.01. The van der Waals surface area contributed by atoms with Crippen molar-refractivity contribution in [1.82, 2.24) is 10.2 Å². The topological polar surface area (TPSA) is 27.3 Å². The van der Waals surface area contributed by atoms with Gasteiger partial charge in [0.05, 0.1) is 0 Å². The summed E-state index contributed by atoms with van der Waals surface area (Å²) in [7, 11) is 4.21. The molecule has 2 N–H and O–H groups in total. The molecule has 2 aromatic rings. The van der Waals surface area contributed by atoms with Gasteiger partial charge in [0.15, 0.2) is 5.11 Å². The number of nitrogens with zero attached hydrogens (tertiary/aromatic N) is 1. The SMILES string of the molecule is Cc1ccc(NC(=S)NC[C@@H](Cc2ccccc2)N(C)C)cc1. The summed E-state index contributed by atoms with van der Waals surface area (Å²) >= 11 is 5.40. The van der Waals surface area contributed by atoms with E-state index in [0.29, 0.717) is 11.2 Å². The van der Waals surface area contributed by atoms with Crippen LogP contribution in [-0.4, -0.2) is 36.7 Å². The number of aryl methyl sites for hydroxylation is 1. The minimum absolute atomic E-state index is 0.384. The van der Waals surface area contributed by atoms with E-state index in [0.717, 1.165) is 18.7 Å². The van der Waals surface area contributed by atoms with Crippen molar-refractivity contribution in [1.29, 1.82) is 0 Å². The number of rotatable bonds is 6. The number of hydrogen-bond acceptors (Lipinski definition) is 2. The van der Waals surface area contributed by atoms with Crippen LogP contribution in [0.25, 0.3) is 0 Å². The Bertz CT molecular complexity index is 608. The van der Waals surface area contributed by atoms with Crippen molar-refractivity contribution in [3.8, 4) is 0 Å². The monoisotopic (exact) mass is 327 g/mol. The zero-order chi connectivity index (χ0) is 16.7. The molecule has 0 radical (unpaired) electrons. The Labute approximate surface area is 144 Å². The Hall–Kier alpha value is -1.91. The Morgan fingerprint density at radius 2 is 1.70 bits per heavy atom. The van der Waals surface area contributed by atoms with Gasteiger partial charge in [-0.2, -0.15) is 0 Å². The number of hydrogen-bond donors (Lipinski definition) is 2. The van der Waals surface area contributed by atoms with E-state index in [1.54, 1.807) is 0 Å². The predicted molar refractivity (Wildman–Crippen MR) is 103 cm³/mol. The van der Waals surface area contributed by atoms with Crippen LogP contribution in [0.4, 0.5) is 5.69 Å². The number of benzene rings is 2. The highest BCUT2D eigenvalue weighted by molar-refractivity contribution is 7.80. The van der Waals surface area contributed by atoms with Crippen molar-refractivity contribution in [2.45, 2.75) is 19.4 Å². The summed E-state index contributed by atoms with van der Waals surface area (Å²) < 4.78 is 0. The molecular weight excluding hydrogens is 302 g/mol. The van der Waals surface area contributed by atoms with Gasteiger partial charge in [-0.25, -0.2) is 0 Å². The average molecular weight is 327 g/mol. The van der Waals surface area contributed by atoms with Gasteiger partial charge in [0.1, 0.15) is 0 Å². The number of nitrogens with one attached hydrogen (secondary N) is 2. The normalized spacial score (nSPS) is 12.0. The Balaban J connectivity index is 1.85. The van der Waals surface area contributed by atoms with E-state index < -0.39 is 0 Å². The van der Waals surface area contributed by atoms with Crippen molar-refractivity contribution in [3.05, 3.63) is 65.7 Å². The number of thiocarbonyl (C=S) groups is 1. The van der Waals surface area contributed by atoms with Gasteiger partial charge in [-0.1, -0.05) is 48.0 Å². The third kappa shape index (κ3) is 6.00. The molecule has 0 aromatic heterocycles. The first-order valence-electron chi connectivity index (χ1n) is 7.86. The number of likely N-dealkylation sites (N-methyl/N-ethyl adjacent to an activating group) is 1. The highest BCUT2D eigenvalue weighted by Gasteiger charge is 2.12. The molecule has 0 aliphatic carbocycles. The standard InChI is InChI=1S/C19H25N3S/c1-15-9-11-17(12-10-15)21-19(23)20-14-18(22(2)3)13-16-7-5-4-6-8-16/h4-12,18H,13-14H2,1-3H3,(H2,20,21,23)/t18-/m1/s1. The van der Waals surface area contributed by atoms with Crippen molar-refractivity contribution in [2.24, 2.45) is 0 Å². The molecule has 2 aromatic carbocycles. The van der Waals surface area contributed by atoms with Gasteiger partial charge < -0.3 is 15.5 Å². The highest BCUT2D eigenvalue weighted by atomic mass is 32.1. The molecule has 0 saturated carbocycles. The summed E-state index contributed by atoms with van der Waals surface area (Å²) in [5.41, 5.74) is 3.59. The fraction of sp³-hybridized carbons (Fsp3) is 0.316. The van der Waals surface area contributed by atoms with Crippen LogP contribution >= 0.6 is 12.2 Å². The molecule has 0 heterocycles. The quantitative estimate of drug-likeness (QED) is 0.795. The molecule has 0 aliphatic rings. The van der Waals surface area contributed by atoms with Crippen LogP contribution in [0.15, 0.2) is 54.6 Å². The Morgan fingerprint density at radius 3 is 2.30 bits per heavy atom. The second kappa shape index (κ2) is 8.65. The molecule has 0 fully saturated rings. The van der Waals surface area contributed by atoms with E-state index in [4.69, 9.17) is 12.2 Å². The number of anilines is 1. The lowest BCUT2D eigenvalue weighted by atomic mass is 10.1. The lowest BCUT2D eigenvalue weighted by molar-refractivity contribution is 0.291. The van der Waals surface area contributed by atoms with E-state index >= 15 is 0 Å². The minimum atomic E-state index is 0.384. The van der Waals surface area contributed by atoms with E-state index in [1.807, 2.05) is 18.2 Å². The van der Waals surface area contributed by atoms with Crippen LogP contribution in [0.1, 0.15) is 11.1 Å². The second-order valence-corrected chi connectivity index (χ2v) is 6.42. The van der Waals surface area contributed by atoms with E-state index in [1.165, 1.54) is 11.1 Å². The predicted octanol–water partition coefficient (Wildman–Crippen LogP) is 3.45. The Kier molecular flexibility index (Phi) is 6.56. The first kappa shape index (κ1) is 17.4. The summed E-state index contributed by atoms with van der Waals surface area (Å²) in [5, 5.41) is 7.22. The first-order valence-corrected chi connectivity index (χ1v) is 8.27. The molecule has 0 bridgehead atoms. The molecule has 0 saturated heterocycles. The zero-order valence-electron chi connectivity index (χ0n) is 14.0. The fourth-order valence-electron chi connectivity index (χ4n) is 2.35. The molecule has 0 spiro atoms. The third-order valence-electron chi connectivity index (χ3n) is 3.85. The van der Waals surface area contributed by atoms with Crippen LogP contribution in [0, 0.1) is 6.92 Å². The fourth-order valence-corrected chi connectivity index (χ4v) is 2.55. The van der Waals surface area contributed by atoms with Crippen LogP contribution in [-0.2, 0) is 6.42 Å². The van der Waals surface area contributed by atoms with Crippen molar-refractivity contribution >= 4 is 23.0 Å². The minimum Gasteiger partial charge on any atom is -0.361 e. The van der Waals surface area contributed by atoms with Crippen molar-refractivity contribution in [3.63, 3.8) is 0 Å². The molecule has 3 nitrogen and oxygen atoms in total. The molecule has 0 amide bonds. The van der Waals surface area contributed by atoms with Crippen LogP contribution in [0.5, 0.6) is 0 Å². The third-order valence-corrected chi connectivity index (χ3v) is 4.10. The summed E-state index contributed by atoms with van der Waals surface area (Å²) in [5.74, 6) is 0. The van der Waals surface area contributed by atoms with Gasteiger partial charge in [0, 0.05) is 18.3 Å². The molecular formula is C19H25N3S. The summed E-state index contributed by atoms with van der Waals surface area (Å²) in [6.07, 6.45) is 0.994. The maximum atomic E-state index is 5.40. The van der Waals surface area contributed by atoms with E-state index in [-0.39, 0.29) is 0 Å². The summed E-state index contributed by atoms with van der Waals surface area (Å²) in [6.45, 7) is 2.88. The maximum absolute atomic E-state index is 5.40. The molecule has 0 aliphatic heterocycles. The van der Waals surface area contributed by atoms with Gasteiger partial charge in [-0.3, -0.25) is 0 Å². The van der Waals surface area contributed by atoms with Gasteiger partial charge in [0.25, 0.3) is 0 Å². The lowest BCUT2D eigenvalue weighted by Crippen LogP contribution is -2.42. The molecule has 2 rings (SSSR count). The van der Waals surface area contributed by atoms with Gasteiger partial charge in [0.2, 0.25) is 0 Å². The summed E-state index contributed by atoms with van der Waals surface area (Å²) in [4.78, 5) is 2.23. The van der Waals surface area contributed by atoms with Gasteiger partial charge in [-0.15, -0.1) is 0 Å². The maximum Gasteiger partial charge on any atom is 0.170 e. The van der Waals surface area contributed by atoms with Gasteiger partial charge in [-0.05, 0) is 57.4 Å². The Morgan fingerprint density at radius 1 is 1.04 bits per heavy atom. The molecule has 4 heteroatoms. The largest absolute Gasteiger partial charge is 0.361 e. The van der Waals surface area contributed by atoms with Crippen LogP contribution < -0.4 is 10.6 Å². The highest BCUT2D eigenvalue weighted by Crippen LogP contribution is 2.09. The van der Waals surface area contributed by atoms with E-state index in [2.05, 4.69) is 73.0 Å². The lowest BCUT2D eigenvalue weighted by Gasteiger charge is -2.25. The van der Waals surface area contributed by atoms with E-state index in [9.17, 15) is 0 Å². The van der Waals surface area contributed by atoms with Crippen molar-refractivity contribution in [2.75, 3.05) is 26.0 Å². The average Bonchev–Trinajstić information content (AvgIpc) is 2.54. The van der Waals surface area contributed by atoms with Gasteiger partial charge >= 0.3 is 0 Å². The molecule has 0 unspecified atom stereocenters. The first-order chi connectivity index (χ1) is 11.0. The molecule has 122 valence electrons. The van der Waals surface area contributed by atoms with Crippen molar-refractivity contribution < 1.29 is 0 Å². The smallest absolute Gasteiger partial charge is 0.170 e. The van der Waals surface area contributed by atoms with Crippen LogP contribution in [0.2, 0.25) is 0 Å². The zero-order valence-corrected chi connectivity index (χ0v) is 14.9. The summed E-state index contributed by atoms with van der Waals surface area (Å²) in [6, 6.07) is 19.2. The molecule has 1 atom stereocenters. The van der Waals surface area contributed by atoms with Crippen LogP contribution in [0.3, 0.4) is 0 Å².